The first-order chi connectivity index (χ1) is 9.74. The minimum absolute atomic E-state index is 0.0780. The van der Waals surface area contributed by atoms with Gasteiger partial charge in [0.15, 0.2) is 5.76 Å². The van der Waals surface area contributed by atoms with Crippen LogP contribution in [0.2, 0.25) is 0 Å². The number of para-hydroxylation sites is 1. The SMILES string of the molecule is CN(CC(=O)c1cc2ccccc2o1)C1CCCCC1. The summed E-state index contributed by atoms with van der Waals surface area (Å²) in [5.74, 6) is 0.558. The Morgan fingerprint density at radius 3 is 2.75 bits per heavy atom. The second-order valence-electron chi connectivity index (χ2n) is 5.78. The van der Waals surface area contributed by atoms with Crippen molar-refractivity contribution in [3.05, 3.63) is 36.1 Å². The van der Waals surface area contributed by atoms with Gasteiger partial charge in [-0.2, -0.15) is 0 Å². The predicted octanol–water partition coefficient (Wildman–Crippen LogP) is 3.88. The molecular formula is C17H21NO2. The van der Waals surface area contributed by atoms with Gasteiger partial charge in [-0.05, 0) is 32.0 Å². The number of nitrogens with zero attached hydrogens (tertiary/aromatic N) is 1. The van der Waals surface area contributed by atoms with Gasteiger partial charge in [-0.1, -0.05) is 37.5 Å². The minimum Gasteiger partial charge on any atom is -0.453 e. The molecule has 1 aromatic carbocycles. The van der Waals surface area contributed by atoms with Crippen molar-refractivity contribution in [1.29, 1.82) is 0 Å². The molecule has 1 aromatic heterocycles. The van der Waals surface area contributed by atoms with Crippen molar-refractivity contribution >= 4 is 16.8 Å². The maximum Gasteiger partial charge on any atom is 0.211 e. The molecule has 0 atom stereocenters. The number of carbonyl (C=O) groups excluding carboxylic acids is 1. The molecule has 1 aliphatic carbocycles. The summed E-state index contributed by atoms with van der Waals surface area (Å²) in [6.45, 7) is 0.449. The quantitative estimate of drug-likeness (QED) is 0.791. The van der Waals surface area contributed by atoms with E-state index in [9.17, 15) is 4.79 Å². The van der Waals surface area contributed by atoms with Crippen LogP contribution in [0.25, 0.3) is 11.0 Å². The summed E-state index contributed by atoms with van der Waals surface area (Å²) in [7, 11) is 2.05. The number of hydrogen-bond acceptors (Lipinski definition) is 3. The van der Waals surface area contributed by atoms with Crippen LogP contribution in [0, 0.1) is 0 Å². The first-order valence-electron chi connectivity index (χ1n) is 7.46. The lowest BCUT2D eigenvalue weighted by Gasteiger charge is -2.30. The number of carbonyl (C=O) groups is 1. The second-order valence-corrected chi connectivity index (χ2v) is 5.78. The van der Waals surface area contributed by atoms with E-state index < -0.39 is 0 Å². The molecule has 0 aliphatic heterocycles. The van der Waals surface area contributed by atoms with Gasteiger partial charge in [0, 0.05) is 11.4 Å². The summed E-state index contributed by atoms with van der Waals surface area (Å²) in [6.07, 6.45) is 6.33. The van der Waals surface area contributed by atoms with Gasteiger partial charge < -0.3 is 4.42 Å². The Morgan fingerprint density at radius 1 is 1.25 bits per heavy atom. The number of furan rings is 1. The lowest BCUT2D eigenvalue weighted by atomic mass is 9.94. The number of ketones is 1. The van der Waals surface area contributed by atoms with Crippen LogP contribution >= 0.6 is 0 Å². The number of fused-ring (bicyclic) bond motifs is 1. The second kappa shape index (κ2) is 5.80. The molecule has 0 N–H and O–H groups in total. The third-order valence-electron chi connectivity index (χ3n) is 4.29. The van der Waals surface area contributed by atoms with Gasteiger partial charge in [0.2, 0.25) is 5.78 Å². The van der Waals surface area contributed by atoms with E-state index in [-0.39, 0.29) is 5.78 Å². The molecule has 0 bridgehead atoms. The Hall–Kier alpha value is -1.61. The molecule has 1 saturated carbocycles. The molecule has 1 aliphatic rings. The standard InChI is InChI=1S/C17H21NO2/c1-18(14-8-3-2-4-9-14)12-15(19)17-11-13-7-5-6-10-16(13)20-17/h5-7,10-11,14H,2-4,8-9,12H2,1H3. The van der Waals surface area contributed by atoms with E-state index in [1.54, 1.807) is 0 Å². The van der Waals surface area contributed by atoms with Crippen molar-refractivity contribution in [3.63, 3.8) is 0 Å². The molecule has 1 heterocycles. The van der Waals surface area contributed by atoms with Gasteiger partial charge in [0.25, 0.3) is 0 Å². The summed E-state index contributed by atoms with van der Waals surface area (Å²) in [5.41, 5.74) is 0.788. The first-order valence-corrected chi connectivity index (χ1v) is 7.46. The molecule has 0 spiro atoms. The number of rotatable bonds is 4. The van der Waals surface area contributed by atoms with Crippen molar-refractivity contribution in [2.45, 2.75) is 38.1 Å². The lowest BCUT2D eigenvalue weighted by molar-refractivity contribution is 0.0874. The molecule has 0 unspecified atom stereocenters. The number of Topliss-reactive ketones (excluding diaryl/α,β-unsaturated/α-hetero) is 1. The summed E-state index contributed by atoms with van der Waals surface area (Å²) in [5, 5.41) is 0.996. The molecule has 0 radical (unpaired) electrons. The summed E-state index contributed by atoms with van der Waals surface area (Å²) in [4.78, 5) is 14.5. The van der Waals surface area contributed by atoms with Crippen LogP contribution in [-0.2, 0) is 0 Å². The topological polar surface area (TPSA) is 33.5 Å². The molecular weight excluding hydrogens is 250 g/mol. The van der Waals surface area contributed by atoms with Crippen LogP contribution in [0.5, 0.6) is 0 Å². The lowest BCUT2D eigenvalue weighted by Crippen LogP contribution is -2.37. The molecule has 3 rings (SSSR count). The number of likely N-dealkylation sites (N-methyl/N-ethyl adjacent to an activating group) is 1. The Labute approximate surface area is 119 Å². The average Bonchev–Trinajstić information content (AvgIpc) is 2.92. The van der Waals surface area contributed by atoms with Crippen LogP contribution in [0.1, 0.15) is 42.7 Å². The maximum atomic E-state index is 12.3. The van der Waals surface area contributed by atoms with Crippen molar-refractivity contribution in [3.8, 4) is 0 Å². The van der Waals surface area contributed by atoms with Crippen LogP contribution in [0.15, 0.2) is 34.7 Å². The minimum atomic E-state index is 0.0780. The van der Waals surface area contributed by atoms with Gasteiger partial charge in [0.05, 0.1) is 6.54 Å². The van der Waals surface area contributed by atoms with Gasteiger partial charge in [-0.15, -0.1) is 0 Å². The third-order valence-corrected chi connectivity index (χ3v) is 4.29. The normalized spacial score (nSPS) is 16.9. The zero-order valence-electron chi connectivity index (χ0n) is 12.0. The zero-order valence-corrected chi connectivity index (χ0v) is 12.0. The molecule has 3 nitrogen and oxygen atoms in total. The monoisotopic (exact) mass is 271 g/mol. The molecule has 106 valence electrons. The summed E-state index contributed by atoms with van der Waals surface area (Å²) >= 11 is 0. The Bertz CT molecular complexity index is 563. The highest BCUT2D eigenvalue weighted by molar-refractivity contribution is 5.98. The van der Waals surface area contributed by atoms with Crippen molar-refractivity contribution in [2.75, 3.05) is 13.6 Å². The maximum absolute atomic E-state index is 12.3. The van der Waals surface area contributed by atoms with Crippen molar-refractivity contribution in [1.82, 2.24) is 4.90 Å². The smallest absolute Gasteiger partial charge is 0.211 e. The molecule has 1 fully saturated rings. The number of benzene rings is 1. The fraction of sp³-hybridized carbons (Fsp3) is 0.471. The number of hydrogen-bond donors (Lipinski definition) is 0. The molecule has 20 heavy (non-hydrogen) atoms. The highest BCUT2D eigenvalue weighted by atomic mass is 16.3. The Morgan fingerprint density at radius 2 is 2.00 bits per heavy atom. The average molecular weight is 271 g/mol. The van der Waals surface area contributed by atoms with E-state index in [1.165, 1.54) is 32.1 Å². The van der Waals surface area contributed by atoms with E-state index in [2.05, 4.69) is 11.9 Å². The van der Waals surface area contributed by atoms with Gasteiger partial charge >= 0.3 is 0 Å². The van der Waals surface area contributed by atoms with E-state index in [0.29, 0.717) is 18.3 Å². The third kappa shape index (κ3) is 2.78. The van der Waals surface area contributed by atoms with E-state index in [1.807, 2.05) is 30.3 Å². The van der Waals surface area contributed by atoms with E-state index in [4.69, 9.17) is 4.42 Å². The van der Waals surface area contributed by atoms with Gasteiger partial charge in [0.1, 0.15) is 5.58 Å². The molecule has 2 aromatic rings. The summed E-state index contributed by atoms with van der Waals surface area (Å²) in [6, 6.07) is 10.2. The van der Waals surface area contributed by atoms with Crippen LogP contribution in [0.3, 0.4) is 0 Å². The van der Waals surface area contributed by atoms with Crippen molar-refractivity contribution in [2.24, 2.45) is 0 Å². The van der Waals surface area contributed by atoms with E-state index >= 15 is 0 Å². The fourth-order valence-corrected chi connectivity index (χ4v) is 3.07. The molecule has 0 saturated heterocycles. The molecule has 0 amide bonds. The largest absolute Gasteiger partial charge is 0.453 e. The zero-order chi connectivity index (χ0) is 13.9. The highest BCUT2D eigenvalue weighted by Crippen LogP contribution is 2.23. The first kappa shape index (κ1) is 13.4. The summed E-state index contributed by atoms with van der Waals surface area (Å²) < 4.78 is 5.64. The molecule has 3 heteroatoms. The van der Waals surface area contributed by atoms with Gasteiger partial charge in [-0.25, -0.2) is 0 Å². The van der Waals surface area contributed by atoms with Crippen LogP contribution < -0.4 is 0 Å². The Kier molecular flexibility index (Phi) is 3.88. The fourth-order valence-electron chi connectivity index (χ4n) is 3.07. The Balaban J connectivity index is 1.68. The van der Waals surface area contributed by atoms with E-state index in [0.717, 1.165) is 11.0 Å². The highest BCUT2D eigenvalue weighted by Gasteiger charge is 2.21. The van der Waals surface area contributed by atoms with Crippen molar-refractivity contribution < 1.29 is 9.21 Å². The predicted molar refractivity (Wildman–Crippen MR) is 80.0 cm³/mol. The van der Waals surface area contributed by atoms with Crippen LogP contribution in [0.4, 0.5) is 0 Å². The van der Waals surface area contributed by atoms with Gasteiger partial charge in [-0.3, -0.25) is 9.69 Å². The van der Waals surface area contributed by atoms with Crippen LogP contribution in [-0.4, -0.2) is 30.3 Å².